The van der Waals surface area contributed by atoms with Crippen molar-refractivity contribution in [1.29, 1.82) is 0 Å². The molecule has 2 atom stereocenters. The molecule has 5 rings (SSSR count). The first-order valence-electron chi connectivity index (χ1n) is 13.0. The number of pyridine rings is 1. The van der Waals surface area contributed by atoms with E-state index in [0.717, 1.165) is 32.7 Å². The van der Waals surface area contributed by atoms with Crippen molar-refractivity contribution in [3.05, 3.63) is 52.5 Å². The molecule has 2 aromatic heterocycles. The van der Waals surface area contributed by atoms with Gasteiger partial charge < -0.3 is 24.8 Å². The zero-order valence-corrected chi connectivity index (χ0v) is 21.8. The van der Waals surface area contributed by atoms with Gasteiger partial charge in [-0.15, -0.1) is 11.3 Å². The van der Waals surface area contributed by atoms with Crippen LogP contribution in [0.25, 0.3) is 0 Å². The Bertz CT molecular complexity index is 1060. The molecule has 0 radical (unpaired) electrons. The lowest BCUT2D eigenvalue weighted by atomic mass is 10.1. The van der Waals surface area contributed by atoms with Gasteiger partial charge in [-0.3, -0.25) is 24.3 Å². The maximum absolute atomic E-state index is 13.7. The van der Waals surface area contributed by atoms with Crippen LogP contribution in [0.3, 0.4) is 0 Å². The third-order valence-corrected chi connectivity index (χ3v) is 8.21. The van der Waals surface area contributed by atoms with Crippen LogP contribution in [0.4, 0.5) is 0 Å². The van der Waals surface area contributed by atoms with Gasteiger partial charge in [0.25, 0.3) is 11.8 Å². The van der Waals surface area contributed by atoms with Crippen LogP contribution < -0.4 is 5.32 Å². The minimum atomic E-state index is -0.613. The van der Waals surface area contributed by atoms with Gasteiger partial charge in [0, 0.05) is 71.3 Å². The van der Waals surface area contributed by atoms with E-state index in [9.17, 15) is 14.4 Å². The van der Waals surface area contributed by atoms with Crippen molar-refractivity contribution in [1.82, 2.24) is 29.9 Å². The van der Waals surface area contributed by atoms with E-state index in [2.05, 4.69) is 15.2 Å². The molecule has 0 spiro atoms. The lowest BCUT2D eigenvalue weighted by molar-refractivity contribution is -0.135. The minimum absolute atomic E-state index is 0.0436. The predicted octanol–water partition coefficient (Wildman–Crippen LogP) is 0.633. The molecule has 10 nitrogen and oxygen atoms in total. The van der Waals surface area contributed by atoms with Crippen LogP contribution in [-0.2, 0) is 9.53 Å². The molecule has 3 saturated heterocycles. The van der Waals surface area contributed by atoms with Gasteiger partial charge >= 0.3 is 0 Å². The Kier molecular flexibility index (Phi) is 8.45. The van der Waals surface area contributed by atoms with Gasteiger partial charge in [-0.25, -0.2) is 0 Å². The average molecular weight is 527 g/mol. The van der Waals surface area contributed by atoms with Crippen molar-refractivity contribution in [3.63, 3.8) is 0 Å². The summed E-state index contributed by atoms with van der Waals surface area (Å²) in [5, 5.41) is 5.18. The number of rotatable bonds is 7. The summed E-state index contributed by atoms with van der Waals surface area (Å²) in [4.78, 5) is 53.4. The Hall–Kier alpha value is -2.86. The van der Waals surface area contributed by atoms with Gasteiger partial charge in [-0.1, -0.05) is 6.07 Å². The van der Waals surface area contributed by atoms with E-state index in [-0.39, 0.29) is 23.8 Å². The van der Waals surface area contributed by atoms with Gasteiger partial charge in [0.2, 0.25) is 5.91 Å². The lowest BCUT2D eigenvalue weighted by Gasteiger charge is -2.33. The number of carbonyl (C=O) groups excluding carboxylic acids is 3. The van der Waals surface area contributed by atoms with Crippen molar-refractivity contribution in [3.8, 4) is 0 Å². The second kappa shape index (κ2) is 12.1. The maximum Gasteiger partial charge on any atom is 0.264 e. The fourth-order valence-electron chi connectivity index (χ4n) is 5.31. The summed E-state index contributed by atoms with van der Waals surface area (Å²) in [7, 11) is 0. The summed E-state index contributed by atoms with van der Waals surface area (Å²) in [5.41, 5.74) is 0.450. The highest BCUT2D eigenvalue weighted by atomic mass is 32.1. The lowest BCUT2D eigenvalue weighted by Crippen LogP contribution is -2.53. The van der Waals surface area contributed by atoms with Crippen LogP contribution in [-0.4, -0.2) is 127 Å². The third kappa shape index (κ3) is 6.01. The van der Waals surface area contributed by atoms with Crippen LogP contribution >= 0.6 is 11.3 Å². The number of nitrogens with one attached hydrogen (secondary N) is 1. The first kappa shape index (κ1) is 25.8. The number of piperazine rings is 1. The largest absolute Gasteiger partial charge is 0.379 e. The fraction of sp³-hybridized carbons (Fsp3) is 0.538. The molecule has 2 unspecified atom stereocenters. The number of hydrogen-bond donors (Lipinski definition) is 1. The Morgan fingerprint density at radius 1 is 1.11 bits per heavy atom. The molecule has 3 fully saturated rings. The van der Waals surface area contributed by atoms with E-state index in [1.807, 2.05) is 27.3 Å². The van der Waals surface area contributed by atoms with E-state index >= 15 is 0 Å². The standard InChI is InChI=1S/C26H34N6O4S/c33-24(20-3-1-5-28-18-20)32-19-21(17-22(32)25(34)30-8-6-27-7-9-30)31(26(35)23-4-2-16-37-23)11-10-29-12-14-36-15-13-29/h1-5,16,18,21-22,27H,6-15,17,19H2. The summed E-state index contributed by atoms with van der Waals surface area (Å²) in [6, 6.07) is 6.30. The van der Waals surface area contributed by atoms with Crippen LogP contribution in [0.1, 0.15) is 26.5 Å². The zero-order valence-electron chi connectivity index (χ0n) is 21.0. The number of thiophene rings is 1. The summed E-state index contributed by atoms with van der Waals surface area (Å²) in [6.07, 6.45) is 3.59. The number of ether oxygens (including phenoxy) is 1. The molecular weight excluding hydrogens is 492 g/mol. The molecule has 3 aliphatic rings. The van der Waals surface area contributed by atoms with E-state index < -0.39 is 6.04 Å². The first-order chi connectivity index (χ1) is 18.1. The fourth-order valence-corrected chi connectivity index (χ4v) is 5.99. The molecule has 5 heterocycles. The third-order valence-electron chi connectivity index (χ3n) is 7.36. The molecule has 0 bridgehead atoms. The molecule has 198 valence electrons. The first-order valence-corrected chi connectivity index (χ1v) is 13.8. The molecule has 0 saturated carbocycles. The molecule has 0 aliphatic carbocycles. The van der Waals surface area contributed by atoms with E-state index in [0.29, 0.717) is 56.3 Å². The van der Waals surface area contributed by atoms with Crippen LogP contribution in [0, 0.1) is 0 Å². The molecular formula is C26H34N6O4S. The summed E-state index contributed by atoms with van der Waals surface area (Å²) in [5.74, 6) is -0.309. The molecule has 1 N–H and O–H groups in total. The summed E-state index contributed by atoms with van der Waals surface area (Å²) in [6.45, 7) is 7.33. The molecule has 3 amide bonds. The molecule has 0 aromatic carbocycles. The van der Waals surface area contributed by atoms with Gasteiger partial charge in [-0.05, 0) is 30.0 Å². The average Bonchev–Trinajstić information content (AvgIpc) is 3.65. The quantitative estimate of drug-likeness (QED) is 0.565. The van der Waals surface area contributed by atoms with E-state index in [4.69, 9.17) is 4.74 Å². The van der Waals surface area contributed by atoms with Gasteiger partial charge in [0.1, 0.15) is 6.04 Å². The Morgan fingerprint density at radius 2 is 1.92 bits per heavy atom. The number of hydrogen-bond acceptors (Lipinski definition) is 8. The molecule has 37 heavy (non-hydrogen) atoms. The normalized spacial score (nSPS) is 22.7. The van der Waals surface area contributed by atoms with E-state index in [1.54, 1.807) is 23.2 Å². The zero-order chi connectivity index (χ0) is 25.6. The van der Waals surface area contributed by atoms with Gasteiger partial charge in [-0.2, -0.15) is 0 Å². The van der Waals surface area contributed by atoms with Crippen molar-refractivity contribution in [2.24, 2.45) is 0 Å². The second-order valence-corrected chi connectivity index (χ2v) is 10.6. The highest BCUT2D eigenvalue weighted by Crippen LogP contribution is 2.28. The van der Waals surface area contributed by atoms with Crippen LogP contribution in [0.5, 0.6) is 0 Å². The summed E-state index contributed by atoms with van der Waals surface area (Å²) >= 11 is 1.42. The van der Waals surface area contributed by atoms with Crippen molar-refractivity contribution in [2.45, 2.75) is 18.5 Å². The van der Waals surface area contributed by atoms with Crippen molar-refractivity contribution >= 4 is 29.1 Å². The Labute approximate surface area is 221 Å². The number of likely N-dealkylation sites (tertiary alicyclic amines) is 1. The molecule has 3 aliphatic heterocycles. The highest BCUT2D eigenvalue weighted by Gasteiger charge is 2.45. The molecule has 2 aromatic rings. The van der Waals surface area contributed by atoms with Crippen molar-refractivity contribution in [2.75, 3.05) is 72.1 Å². The minimum Gasteiger partial charge on any atom is -0.379 e. The van der Waals surface area contributed by atoms with Gasteiger partial charge in [0.15, 0.2) is 0 Å². The van der Waals surface area contributed by atoms with Gasteiger partial charge in [0.05, 0.1) is 29.7 Å². The monoisotopic (exact) mass is 526 g/mol. The number of amides is 3. The van der Waals surface area contributed by atoms with Crippen molar-refractivity contribution < 1.29 is 19.1 Å². The number of carbonyl (C=O) groups is 3. The Balaban J connectivity index is 1.39. The van der Waals surface area contributed by atoms with Crippen LogP contribution in [0.15, 0.2) is 42.0 Å². The van der Waals surface area contributed by atoms with Crippen LogP contribution in [0.2, 0.25) is 0 Å². The SMILES string of the molecule is O=C(C1CC(N(CCN2CCOCC2)C(=O)c2cccs2)CN1C(=O)c1cccnc1)N1CCNCC1. The number of aromatic nitrogens is 1. The van der Waals surface area contributed by atoms with E-state index in [1.165, 1.54) is 17.5 Å². The smallest absolute Gasteiger partial charge is 0.264 e. The Morgan fingerprint density at radius 3 is 2.62 bits per heavy atom. The highest BCUT2D eigenvalue weighted by molar-refractivity contribution is 7.12. The number of nitrogens with zero attached hydrogens (tertiary/aromatic N) is 5. The second-order valence-electron chi connectivity index (χ2n) is 9.61. The predicted molar refractivity (Wildman–Crippen MR) is 140 cm³/mol. The number of morpholine rings is 1. The topological polar surface area (TPSA) is 98.3 Å². The molecule has 11 heteroatoms. The summed E-state index contributed by atoms with van der Waals surface area (Å²) < 4.78 is 5.48. The maximum atomic E-state index is 13.7.